The third kappa shape index (κ3) is 2.69. The van der Waals surface area contributed by atoms with Gasteiger partial charge in [-0.15, -0.1) is 0 Å². The first kappa shape index (κ1) is 14.2. The minimum Gasteiger partial charge on any atom is -0.337 e. The summed E-state index contributed by atoms with van der Waals surface area (Å²) >= 11 is 1.98. The van der Waals surface area contributed by atoms with Gasteiger partial charge in [-0.2, -0.15) is 11.8 Å². The van der Waals surface area contributed by atoms with Gasteiger partial charge >= 0.3 is 0 Å². The summed E-state index contributed by atoms with van der Waals surface area (Å²) < 4.78 is 0. The smallest absolute Gasteiger partial charge is 0.240 e. The molecule has 3 unspecified atom stereocenters. The molecule has 104 valence electrons. The molecular weight excluding hydrogens is 244 g/mol. The number of nitrogens with zero attached hydrogens (tertiary/aromatic N) is 1. The fraction of sp³-hybridized carbons (Fsp3) is 0.929. The van der Waals surface area contributed by atoms with Crippen LogP contribution in [0.3, 0.4) is 0 Å². The maximum absolute atomic E-state index is 12.8. The number of rotatable bonds is 1. The predicted octanol–water partition coefficient (Wildman–Crippen LogP) is 2.12. The van der Waals surface area contributed by atoms with E-state index in [0.717, 1.165) is 25.3 Å². The van der Waals surface area contributed by atoms with Crippen molar-refractivity contribution in [3.63, 3.8) is 0 Å². The molecule has 1 N–H and O–H groups in total. The van der Waals surface area contributed by atoms with Crippen molar-refractivity contribution in [3.8, 4) is 0 Å². The molecular formula is C14H26N2OS. The zero-order valence-electron chi connectivity index (χ0n) is 12.0. The van der Waals surface area contributed by atoms with Gasteiger partial charge < -0.3 is 10.2 Å². The van der Waals surface area contributed by atoms with E-state index in [1.54, 1.807) is 0 Å². The van der Waals surface area contributed by atoms with Crippen LogP contribution in [0.15, 0.2) is 0 Å². The van der Waals surface area contributed by atoms with Crippen LogP contribution < -0.4 is 5.32 Å². The second-order valence-corrected chi connectivity index (χ2v) is 7.81. The maximum Gasteiger partial charge on any atom is 0.240 e. The molecule has 0 spiro atoms. The number of carbonyl (C=O) groups is 1. The number of hydrogen-bond donors (Lipinski definition) is 1. The molecule has 0 aromatic heterocycles. The molecule has 0 aliphatic carbocycles. The van der Waals surface area contributed by atoms with Crippen molar-refractivity contribution in [2.45, 2.75) is 57.9 Å². The third-order valence-electron chi connectivity index (χ3n) is 4.54. The average molecular weight is 270 g/mol. The van der Waals surface area contributed by atoms with E-state index in [-0.39, 0.29) is 11.5 Å². The van der Waals surface area contributed by atoms with Gasteiger partial charge in [0.15, 0.2) is 0 Å². The van der Waals surface area contributed by atoms with Gasteiger partial charge in [-0.05, 0) is 31.7 Å². The van der Waals surface area contributed by atoms with Crippen LogP contribution in [0.2, 0.25) is 0 Å². The van der Waals surface area contributed by atoms with Crippen molar-refractivity contribution in [3.05, 3.63) is 0 Å². The van der Waals surface area contributed by atoms with Crippen LogP contribution in [-0.4, -0.2) is 47.0 Å². The van der Waals surface area contributed by atoms with Crippen LogP contribution in [-0.2, 0) is 4.79 Å². The Morgan fingerprint density at radius 1 is 1.39 bits per heavy atom. The number of hydrogen-bond acceptors (Lipinski definition) is 3. The molecule has 0 saturated carbocycles. The van der Waals surface area contributed by atoms with Crippen LogP contribution in [0.1, 0.15) is 40.5 Å². The van der Waals surface area contributed by atoms with Gasteiger partial charge in [-0.3, -0.25) is 4.79 Å². The Bertz CT molecular complexity index is 319. The molecule has 2 saturated heterocycles. The first-order valence-electron chi connectivity index (χ1n) is 7.09. The Labute approximate surface area is 115 Å². The van der Waals surface area contributed by atoms with Crippen molar-refractivity contribution in [2.24, 2.45) is 5.41 Å². The second-order valence-electron chi connectivity index (χ2n) is 6.33. The minimum atomic E-state index is 0.00370. The van der Waals surface area contributed by atoms with Crippen LogP contribution in [0, 0.1) is 5.41 Å². The Balaban J connectivity index is 2.10. The summed E-state index contributed by atoms with van der Waals surface area (Å²) in [4.78, 5) is 14.9. The number of amides is 1. The lowest BCUT2D eigenvalue weighted by Crippen LogP contribution is -2.60. The fourth-order valence-corrected chi connectivity index (χ4v) is 4.14. The zero-order chi connectivity index (χ0) is 13.3. The molecule has 2 aliphatic rings. The first-order chi connectivity index (χ1) is 8.43. The molecule has 3 atom stereocenters. The highest BCUT2D eigenvalue weighted by atomic mass is 32.2. The lowest BCUT2D eigenvalue weighted by Gasteiger charge is -2.44. The Morgan fingerprint density at radius 2 is 2.11 bits per heavy atom. The first-order valence-corrected chi connectivity index (χ1v) is 8.14. The predicted molar refractivity (Wildman–Crippen MR) is 77.9 cm³/mol. The van der Waals surface area contributed by atoms with Crippen LogP contribution in [0.25, 0.3) is 0 Å². The lowest BCUT2D eigenvalue weighted by atomic mass is 9.77. The van der Waals surface area contributed by atoms with E-state index in [9.17, 15) is 4.79 Å². The third-order valence-corrected chi connectivity index (χ3v) is 5.88. The van der Waals surface area contributed by atoms with E-state index in [2.05, 4.69) is 37.9 Å². The fourth-order valence-electron chi connectivity index (χ4n) is 3.04. The Morgan fingerprint density at radius 3 is 2.78 bits per heavy atom. The normalized spacial score (nSPS) is 36.4. The molecule has 2 aliphatic heterocycles. The van der Waals surface area contributed by atoms with E-state index >= 15 is 0 Å². The maximum atomic E-state index is 12.8. The Hall–Kier alpha value is -0.220. The van der Waals surface area contributed by atoms with Gasteiger partial charge in [0.2, 0.25) is 5.91 Å². The topological polar surface area (TPSA) is 32.3 Å². The van der Waals surface area contributed by atoms with E-state index < -0.39 is 0 Å². The van der Waals surface area contributed by atoms with Crippen molar-refractivity contribution < 1.29 is 4.79 Å². The van der Waals surface area contributed by atoms with Gasteiger partial charge in [-0.25, -0.2) is 0 Å². The lowest BCUT2D eigenvalue weighted by molar-refractivity contribution is -0.139. The number of thioether (sulfide) groups is 1. The molecule has 0 aromatic rings. The highest BCUT2D eigenvalue weighted by molar-refractivity contribution is 8.00. The van der Waals surface area contributed by atoms with Gasteiger partial charge in [0.1, 0.15) is 0 Å². The molecule has 0 aromatic carbocycles. The molecule has 2 fully saturated rings. The van der Waals surface area contributed by atoms with Gasteiger partial charge in [-0.1, -0.05) is 20.8 Å². The summed E-state index contributed by atoms with van der Waals surface area (Å²) in [6, 6.07) is 0.361. The standard InChI is InChI=1S/C14H26N2OS/c1-10-11(2)18-9-8-16(10)13(17)12-14(3,4)6-5-7-15-12/h10-12,15H,5-9H2,1-4H3. The summed E-state index contributed by atoms with van der Waals surface area (Å²) in [6.45, 7) is 10.7. The largest absolute Gasteiger partial charge is 0.337 e. The van der Waals surface area contributed by atoms with Crippen LogP contribution in [0.5, 0.6) is 0 Å². The van der Waals surface area contributed by atoms with Gasteiger partial charge in [0, 0.05) is 23.6 Å². The van der Waals surface area contributed by atoms with Crippen molar-refractivity contribution in [2.75, 3.05) is 18.8 Å². The van der Waals surface area contributed by atoms with Crippen molar-refractivity contribution >= 4 is 17.7 Å². The summed E-state index contributed by atoms with van der Waals surface area (Å²) in [5, 5.41) is 3.99. The number of carbonyl (C=O) groups excluding carboxylic acids is 1. The summed E-state index contributed by atoms with van der Waals surface area (Å²) in [5.74, 6) is 1.39. The molecule has 0 bridgehead atoms. The minimum absolute atomic E-state index is 0.00370. The molecule has 18 heavy (non-hydrogen) atoms. The molecule has 0 radical (unpaired) electrons. The molecule has 3 nitrogen and oxygen atoms in total. The van der Waals surface area contributed by atoms with Crippen LogP contribution >= 0.6 is 11.8 Å². The SMILES string of the molecule is CC1SCCN(C(=O)C2NCCCC2(C)C)C1C. The monoisotopic (exact) mass is 270 g/mol. The molecule has 2 heterocycles. The average Bonchev–Trinajstić information content (AvgIpc) is 2.31. The van der Waals surface area contributed by atoms with Gasteiger partial charge in [0.25, 0.3) is 0 Å². The highest BCUT2D eigenvalue weighted by Gasteiger charge is 2.41. The zero-order valence-corrected chi connectivity index (χ0v) is 12.8. The quantitative estimate of drug-likeness (QED) is 0.792. The molecule has 2 rings (SSSR count). The molecule has 1 amide bonds. The summed E-state index contributed by atoms with van der Waals surface area (Å²) in [6.07, 6.45) is 2.32. The van der Waals surface area contributed by atoms with Crippen molar-refractivity contribution in [1.82, 2.24) is 10.2 Å². The highest BCUT2D eigenvalue weighted by Crippen LogP contribution is 2.33. The Kier molecular flexibility index (Phi) is 4.27. The summed E-state index contributed by atoms with van der Waals surface area (Å²) in [7, 11) is 0. The van der Waals surface area contributed by atoms with Crippen molar-refractivity contribution in [1.29, 1.82) is 0 Å². The van der Waals surface area contributed by atoms with E-state index in [0.29, 0.717) is 17.2 Å². The second kappa shape index (κ2) is 5.41. The van der Waals surface area contributed by atoms with Crippen LogP contribution in [0.4, 0.5) is 0 Å². The van der Waals surface area contributed by atoms with E-state index in [1.807, 2.05) is 11.8 Å². The van der Waals surface area contributed by atoms with E-state index in [4.69, 9.17) is 0 Å². The summed E-state index contributed by atoms with van der Waals surface area (Å²) in [5.41, 5.74) is 0.0862. The number of nitrogens with one attached hydrogen (secondary N) is 1. The molecule has 4 heteroatoms. The van der Waals surface area contributed by atoms with E-state index in [1.165, 1.54) is 6.42 Å². The van der Waals surface area contributed by atoms with Gasteiger partial charge in [0.05, 0.1) is 6.04 Å². The number of piperidine rings is 1.